The second-order valence-corrected chi connectivity index (χ2v) is 7.97. The van der Waals surface area contributed by atoms with Crippen LogP contribution in [0.25, 0.3) is 0 Å². The summed E-state index contributed by atoms with van der Waals surface area (Å²) in [4.78, 5) is 31.1. The van der Waals surface area contributed by atoms with Crippen LogP contribution in [0.3, 0.4) is 0 Å². The molecule has 1 aliphatic heterocycles. The van der Waals surface area contributed by atoms with Crippen molar-refractivity contribution in [3.63, 3.8) is 0 Å². The van der Waals surface area contributed by atoms with Gasteiger partial charge in [-0.1, -0.05) is 26.0 Å². The van der Waals surface area contributed by atoms with Crippen molar-refractivity contribution in [1.82, 2.24) is 9.80 Å². The number of hydrogen-bond acceptors (Lipinski definition) is 5. The Bertz CT molecular complexity index is 721. The number of carbonyl (C=O) groups is 2. The Labute approximate surface area is 162 Å². The highest BCUT2D eigenvalue weighted by atomic mass is 16.3. The number of likely N-dealkylation sites (N-methyl/N-ethyl adjacent to an activating group) is 1. The maximum atomic E-state index is 12.8. The number of rotatable bonds is 8. The molecular weight excluding hydrogens is 342 g/mol. The quantitative estimate of drug-likeness (QED) is 0.759. The summed E-state index contributed by atoms with van der Waals surface area (Å²) in [6.07, 6.45) is 0.306. The van der Waals surface area contributed by atoms with E-state index in [9.17, 15) is 14.7 Å². The fraction of sp³-hybridized carbons (Fsp3) is 0.524. The molecule has 1 aromatic rings. The Morgan fingerprint density at radius 2 is 1.74 bits per heavy atom. The molecule has 27 heavy (non-hydrogen) atoms. The summed E-state index contributed by atoms with van der Waals surface area (Å²) in [6, 6.07) is 7.24. The van der Waals surface area contributed by atoms with Gasteiger partial charge in [0.05, 0.1) is 11.6 Å². The van der Waals surface area contributed by atoms with Crippen LogP contribution in [-0.2, 0) is 9.59 Å². The predicted octanol–water partition coefficient (Wildman–Crippen LogP) is 2.62. The number of hydrogen-bond donors (Lipinski definition) is 1. The van der Waals surface area contributed by atoms with Crippen molar-refractivity contribution in [2.45, 2.75) is 26.3 Å². The van der Waals surface area contributed by atoms with Gasteiger partial charge in [0.1, 0.15) is 0 Å². The van der Waals surface area contributed by atoms with Crippen molar-refractivity contribution in [3.8, 4) is 0 Å². The van der Waals surface area contributed by atoms with Gasteiger partial charge in [0.15, 0.2) is 11.5 Å². The number of nitrogens with zero attached hydrogens (tertiary/aromatic N) is 3. The van der Waals surface area contributed by atoms with E-state index in [1.54, 1.807) is 4.90 Å². The third-order valence-corrected chi connectivity index (χ3v) is 4.71. The van der Waals surface area contributed by atoms with E-state index in [1.807, 2.05) is 76.1 Å². The minimum atomic E-state index is -0.542. The van der Waals surface area contributed by atoms with Gasteiger partial charge in [-0.15, -0.1) is 0 Å². The molecule has 1 unspecified atom stereocenters. The zero-order chi connectivity index (χ0) is 20.3. The van der Waals surface area contributed by atoms with Gasteiger partial charge in [0, 0.05) is 39.3 Å². The Morgan fingerprint density at radius 1 is 1.15 bits per heavy atom. The van der Waals surface area contributed by atoms with E-state index in [4.69, 9.17) is 0 Å². The first kappa shape index (κ1) is 21.0. The highest BCUT2D eigenvalue weighted by Crippen LogP contribution is 2.38. The van der Waals surface area contributed by atoms with E-state index in [0.717, 1.165) is 11.3 Å². The number of aliphatic hydroxyl groups excluding tert-OH is 1. The normalized spacial score (nSPS) is 17.4. The number of ketones is 1. The van der Waals surface area contributed by atoms with E-state index in [0.29, 0.717) is 19.5 Å². The molecule has 148 valence electrons. The van der Waals surface area contributed by atoms with Gasteiger partial charge in [-0.3, -0.25) is 9.59 Å². The van der Waals surface area contributed by atoms with Gasteiger partial charge >= 0.3 is 0 Å². The third kappa shape index (κ3) is 4.69. The molecule has 1 atom stereocenters. The fourth-order valence-corrected chi connectivity index (χ4v) is 3.26. The molecule has 0 fully saturated rings. The van der Waals surface area contributed by atoms with Gasteiger partial charge in [-0.05, 0) is 37.7 Å². The second-order valence-electron chi connectivity index (χ2n) is 7.97. The van der Waals surface area contributed by atoms with Crippen molar-refractivity contribution in [1.29, 1.82) is 0 Å². The SMILES string of the molecule is CC(C)CC(=O)C1=C(O)C(=O)N(CCN(C)C)C1c1ccc(N(C)C)cc1. The van der Waals surface area contributed by atoms with Gasteiger partial charge < -0.3 is 19.8 Å². The van der Waals surface area contributed by atoms with E-state index in [-0.39, 0.29) is 17.3 Å². The van der Waals surface area contributed by atoms with Gasteiger partial charge in [-0.2, -0.15) is 0 Å². The summed E-state index contributed by atoms with van der Waals surface area (Å²) in [5.41, 5.74) is 2.10. The topological polar surface area (TPSA) is 64.1 Å². The van der Waals surface area contributed by atoms with Crippen LogP contribution in [0.4, 0.5) is 5.69 Å². The summed E-state index contributed by atoms with van der Waals surface area (Å²) in [5.74, 6) is -0.878. The second kappa shape index (κ2) is 8.57. The third-order valence-electron chi connectivity index (χ3n) is 4.71. The van der Waals surface area contributed by atoms with E-state index in [1.165, 1.54) is 0 Å². The zero-order valence-electron chi connectivity index (χ0n) is 17.2. The number of amides is 1. The Morgan fingerprint density at radius 3 is 2.22 bits per heavy atom. The Balaban J connectivity index is 2.45. The molecule has 6 heteroatoms. The van der Waals surface area contributed by atoms with Crippen LogP contribution < -0.4 is 4.90 Å². The molecule has 0 aliphatic carbocycles. The Hall–Kier alpha value is -2.34. The van der Waals surface area contributed by atoms with Crippen molar-refractivity contribution in [2.75, 3.05) is 46.2 Å². The smallest absolute Gasteiger partial charge is 0.290 e. The summed E-state index contributed by atoms with van der Waals surface area (Å²) in [5, 5.41) is 10.5. The lowest BCUT2D eigenvalue weighted by atomic mass is 9.92. The number of carbonyl (C=O) groups excluding carboxylic acids is 2. The molecule has 0 spiro atoms. The molecule has 1 N–H and O–H groups in total. The Kier molecular flexibility index (Phi) is 6.65. The van der Waals surface area contributed by atoms with Crippen molar-refractivity contribution in [2.24, 2.45) is 5.92 Å². The van der Waals surface area contributed by atoms with Crippen molar-refractivity contribution < 1.29 is 14.7 Å². The molecule has 2 rings (SSSR count). The molecule has 1 aliphatic rings. The van der Waals surface area contributed by atoms with Crippen LogP contribution in [-0.4, -0.2) is 67.9 Å². The van der Waals surface area contributed by atoms with Crippen LogP contribution in [0.5, 0.6) is 0 Å². The highest BCUT2D eigenvalue weighted by molar-refractivity contribution is 6.09. The first-order chi connectivity index (χ1) is 12.6. The fourth-order valence-electron chi connectivity index (χ4n) is 3.26. The van der Waals surface area contributed by atoms with Crippen LogP contribution >= 0.6 is 0 Å². The predicted molar refractivity (Wildman–Crippen MR) is 108 cm³/mol. The standard InChI is InChI=1S/C21H31N3O3/c1-14(2)13-17(25)18-19(15-7-9-16(10-8-15)23(5)6)24(12-11-22(3)4)21(27)20(18)26/h7-10,14,19,26H,11-13H2,1-6H3. The first-order valence-corrected chi connectivity index (χ1v) is 9.32. The lowest BCUT2D eigenvalue weighted by Gasteiger charge is -2.28. The average Bonchev–Trinajstić information content (AvgIpc) is 2.83. The minimum Gasteiger partial charge on any atom is -0.503 e. The minimum absolute atomic E-state index is 0.153. The summed E-state index contributed by atoms with van der Waals surface area (Å²) in [7, 11) is 7.78. The van der Waals surface area contributed by atoms with Crippen LogP contribution in [0, 0.1) is 5.92 Å². The van der Waals surface area contributed by atoms with Gasteiger partial charge in [-0.25, -0.2) is 0 Å². The number of aliphatic hydroxyl groups is 1. The molecule has 1 heterocycles. The first-order valence-electron chi connectivity index (χ1n) is 9.32. The average molecular weight is 373 g/mol. The van der Waals surface area contributed by atoms with Crippen molar-refractivity contribution in [3.05, 3.63) is 41.2 Å². The van der Waals surface area contributed by atoms with E-state index >= 15 is 0 Å². The number of anilines is 1. The van der Waals surface area contributed by atoms with Crippen LogP contribution in [0.15, 0.2) is 35.6 Å². The highest BCUT2D eigenvalue weighted by Gasteiger charge is 2.43. The molecule has 0 saturated heterocycles. The van der Waals surface area contributed by atoms with Crippen LogP contribution in [0.1, 0.15) is 31.9 Å². The van der Waals surface area contributed by atoms with E-state index < -0.39 is 17.7 Å². The van der Waals surface area contributed by atoms with Crippen LogP contribution in [0.2, 0.25) is 0 Å². The molecule has 0 radical (unpaired) electrons. The lowest BCUT2D eigenvalue weighted by Crippen LogP contribution is -2.36. The summed E-state index contributed by atoms with van der Waals surface area (Å²) < 4.78 is 0. The summed E-state index contributed by atoms with van der Waals surface area (Å²) in [6.45, 7) is 5.00. The lowest BCUT2D eigenvalue weighted by molar-refractivity contribution is -0.129. The molecule has 6 nitrogen and oxygen atoms in total. The molecule has 1 amide bonds. The monoisotopic (exact) mass is 373 g/mol. The molecule has 0 bridgehead atoms. The van der Waals surface area contributed by atoms with Gasteiger partial charge in [0.25, 0.3) is 5.91 Å². The molecule has 0 aromatic heterocycles. The molecular formula is C21H31N3O3. The number of benzene rings is 1. The zero-order valence-corrected chi connectivity index (χ0v) is 17.2. The maximum Gasteiger partial charge on any atom is 0.290 e. The largest absolute Gasteiger partial charge is 0.503 e. The maximum absolute atomic E-state index is 12.8. The van der Waals surface area contributed by atoms with Gasteiger partial charge in [0.2, 0.25) is 0 Å². The molecule has 1 aromatic carbocycles. The molecule has 0 saturated carbocycles. The summed E-state index contributed by atoms with van der Waals surface area (Å²) >= 11 is 0. The van der Waals surface area contributed by atoms with E-state index in [2.05, 4.69) is 0 Å². The van der Waals surface area contributed by atoms with Crippen molar-refractivity contribution >= 4 is 17.4 Å². The number of Topliss-reactive ketones (excluding diaryl/α,β-unsaturated/α-hetero) is 1.